The number of nitrogens with zero attached hydrogens (tertiary/aromatic N) is 8. The lowest BCUT2D eigenvalue weighted by Crippen LogP contribution is -2.56. The van der Waals surface area contributed by atoms with Crippen LogP contribution in [0.3, 0.4) is 0 Å². The first kappa shape index (κ1) is 27.6. The van der Waals surface area contributed by atoms with Crippen molar-refractivity contribution in [2.24, 2.45) is 7.05 Å². The molecular formula is C31H39N9O3. The highest BCUT2D eigenvalue weighted by Gasteiger charge is 2.44. The number of carbonyl (C=O) groups is 1. The molecule has 1 amide bonds. The lowest BCUT2D eigenvalue weighted by Gasteiger charge is -2.42. The zero-order valence-corrected chi connectivity index (χ0v) is 25.2. The Bertz CT molecular complexity index is 1650. The fraction of sp³-hybridized carbons (Fsp3) is 0.516. The molecule has 0 spiro atoms. The molecule has 0 radical (unpaired) electrons. The van der Waals surface area contributed by atoms with Crippen molar-refractivity contribution in [3.8, 4) is 22.8 Å². The summed E-state index contributed by atoms with van der Waals surface area (Å²) in [5, 5.41) is 4.61. The van der Waals surface area contributed by atoms with Gasteiger partial charge in [0.1, 0.15) is 11.3 Å². The van der Waals surface area contributed by atoms with Crippen LogP contribution < -0.4 is 10.6 Å². The summed E-state index contributed by atoms with van der Waals surface area (Å²) in [6.45, 7) is 8.72. The number of rotatable bonds is 4. The summed E-state index contributed by atoms with van der Waals surface area (Å²) >= 11 is 0. The molecule has 43 heavy (non-hydrogen) atoms. The summed E-state index contributed by atoms with van der Waals surface area (Å²) < 4.78 is 15.3. The van der Waals surface area contributed by atoms with E-state index in [1.54, 1.807) is 6.20 Å². The first-order valence-electron chi connectivity index (χ1n) is 15.1. The van der Waals surface area contributed by atoms with Crippen LogP contribution in [-0.4, -0.2) is 84.3 Å². The van der Waals surface area contributed by atoms with Crippen molar-refractivity contribution in [3.05, 3.63) is 36.8 Å². The predicted molar refractivity (Wildman–Crippen MR) is 164 cm³/mol. The van der Waals surface area contributed by atoms with E-state index in [9.17, 15) is 4.79 Å². The zero-order valence-electron chi connectivity index (χ0n) is 25.2. The van der Waals surface area contributed by atoms with Gasteiger partial charge in [-0.05, 0) is 58.6 Å². The number of nitrogen functional groups attached to an aromatic ring is 1. The van der Waals surface area contributed by atoms with E-state index >= 15 is 0 Å². The first-order valence-corrected chi connectivity index (χ1v) is 15.1. The Hall–Kier alpha value is -4.19. The lowest BCUT2D eigenvalue weighted by atomic mass is 10.1. The molecule has 2 bridgehead atoms. The molecule has 4 aromatic rings. The summed E-state index contributed by atoms with van der Waals surface area (Å²) in [5.74, 6) is 0.978. The molecule has 2 unspecified atom stereocenters. The monoisotopic (exact) mass is 585 g/mol. The third kappa shape index (κ3) is 5.07. The molecule has 12 nitrogen and oxygen atoms in total. The molecule has 3 aliphatic heterocycles. The van der Waals surface area contributed by atoms with Gasteiger partial charge < -0.3 is 24.7 Å². The second-order valence-electron chi connectivity index (χ2n) is 12.9. The number of hydrogen-bond donors (Lipinski definition) is 1. The highest BCUT2D eigenvalue weighted by atomic mass is 16.6. The third-order valence-electron chi connectivity index (χ3n) is 8.77. The number of benzene rings is 1. The largest absolute Gasteiger partial charge is 0.444 e. The van der Waals surface area contributed by atoms with Gasteiger partial charge in [0.25, 0.3) is 0 Å². The SMILES string of the molecule is Cn1c(-c2nc(-c3cnn(C4CCOCC4)c3)cnc2N)nc2cccc(N3CC4CCC(C3)N4C(=O)OC(C)(C)C)c21. The van der Waals surface area contributed by atoms with Crippen LogP contribution >= 0.6 is 0 Å². The van der Waals surface area contributed by atoms with Crippen molar-refractivity contribution in [1.29, 1.82) is 0 Å². The minimum absolute atomic E-state index is 0.108. The van der Waals surface area contributed by atoms with Crippen molar-refractivity contribution in [1.82, 2.24) is 34.2 Å². The van der Waals surface area contributed by atoms with E-state index in [1.165, 1.54) is 0 Å². The van der Waals surface area contributed by atoms with Gasteiger partial charge in [-0.15, -0.1) is 0 Å². The van der Waals surface area contributed by atoms with E-state index in [0.29, 0.717) is 29.1 Å². The number of para-hydroxylation sites is 1. The van der Waals surface area contributed by atoms with Gasteiger partial charge in [-0.3, -0.25) is 9.58 Å². The Morgan fingerprint density at radius 3 is 2.49 bits per heavy atom. The molecule has 3 aliphatic rings. The fourth-order valence-corrected chi connectivity index (χ4v) is 6.75. The van der Waals surface area contributed by atoms with Crippen molar-refractivity contribution < 1.29 is 14.3 Å². The normalized spacial score (nSPS) is 21.1. The zero-order chi connectivity index (χ0) is 29.9. The minimum atomic E-state index is -0.516. The van der Waals surface area contributed by atoms with Crippen molar-refractivity contribution in [2.45, 2.75) is 70.2 Å². The second-order valence-corrected chi connectivity index (χ2v) is 12.9. The number of hydrogen-bond acceptors (Lipinski definition) is 9. The molecule has 2 N–H and O–H groups in total. The smallest absolute Gasteiger partial charge is 0.410 e. The van der Waals surface area contributed by atoms with Crippen LogP contribution in [0, 0.1) is 0 Å². The van der Waals surface area contributed by atoms with Gasteiger partial charge in [0.15, 0.2) is 11.6 Å². The topological polar surface area (TPSA) is 129 Å². The maximum absolute atomic E-state index is 13.0. The molecule has 0 aliphatic carbocycles. The molecule has 12 heteroatoms. The van der Waals surface area contributed by atoms with Crippen LogP contribution in [0.15, 0.2) is 36.8 Å². The van der Waals surface area contributed by atoms with E-state index in [4.69, 9.17) is 25.2 Å². The number of aryl methyl sites for hydroxylation is 1. The van der Waals surface area contributed by atoms with Crippen LogP contribution in [0.25, 0.3) is 33.8 Å². The molecule has 6 heterocycles. The average Bonchev–Trinajstić information content (AvgIpc) is 3.67. The standard InChI is InChI=1S/C31H39N9O3/c1-31(2,3)43-30(41)40-21-8-9-22(40)18-38(17-21)25-7-5-6-23-27(25)37(4)29(36-23)26-28(32)33-15-24(35-26)19-14-34-39(16-19)20-10-12-42-13-11-20/h5-7,14-16,20-22H,8-13,17-18H2,1-4H3,(H2,32,33). The first-order chi connectivity index (χ1) is 20.7. The van der Waals surface area contributed by atoms with Crippen LogP contribution in [0.2, 0.25) is 0 Å². The average molecular weight is 586 g/mol. The van der Waals surface area contributed by atoms with Gasteiger partial charge in [-0.2, -0.15) is 5.10 Å². The number of ether oxygens (including phenoxy) is 2. The Balaban J connectivity index is 1.19. The quantitative estimate of drug-likeness (QED) is 0.370. The summed E-state index contributed by atoms with van der Waals surface area (Å²) in [6, 6.07) is 6.72. The molecule has 226 valence electrons. The maximum atomic E-state index is 13.0. The van der Waals surface area contributed by atoms with Gasteiger partial charge in [0.2, 0.25) is 0 Å². The Labute approximate surface area is 250 Å². The van der Waals surface area contributed by atoms with Crippen LogP contribution in [0.1, 0.15) is 52.5 Å². The highest BCUT2D eigenvalue weighted by molar-refractivity contribution is 5.92. The molecule has 7 rings (SSSR count). The number of aromatic nitrogens is 6. The molecule has 0 saturated carbocycles. The van der Waals surface area contributed by atoms with Gasteiger partial charge in [0.05, 0.1) is 52.9 Å². The van der Waals surface area contributed by atoms with E-state index in [1.807, 2.05) is 61.9 Å². The Kier molecular flexibility index (Phi) is 6.76. The highest BCUT2D eigenvalue weighted by Crippen LogP contribution is 2.38. The molecular weight excluding hydrogens is 546 g/mol. The Morgan fingerprint density at radius 1 is 1.02 bits per heavy atom. The number of nitrogens with two attached hydrogens (primary N) is 1. The molecule has 1 aromatic carbocycles. The van der Waals surface area contributed by atoms with E-state index in [0.717, 1.165) is 74.3 Å². The van der Waals surface area contributed by atoms with Crippen molar-refractivity contribution in [2.75, 3.05) is 36.9 Å². The number of imidazole rings is 1. The fourth-order valence-electron chi connectivity index (χ4n) is 6.75. The molecule has 3 fully saturated rings. The van der Waals surface area contributed by atoms with Crippen LogP contribution in [0.5, 0.6) is 0 Å². The molecule has 3 saturated heterocycles. The number of fused-ring (bicyclic) bond motifs is 3. The van der Waals surface area contributed by atoms with E-state index in [2.05, 4.69) is 25.6 Å². The maximum Gasteiger partial charge on any atom is 0.410 e. The van der Waals surface area contributed by atoms with Gasteiger partial charge in [-0.1, -0.05) is 6.07 Å². The van der Waals surface area contributed by atoms with Crippen LogP contribution in [0.4, 0.5) is 16.3 Å². The summed E-state index contributed by atoms with van der Waals surface area (Å²) in [4.78, 5) is 31.8. The van der Waals surface area contributed by atoms with Crippen molar-refractivity contribution in [3.63, 3.8) is 0 Å². The summed E-state index contributed by atoms with van der Waals surface area (Å²) in [7, 11) is 2.00. The number of carbonyl (C=O) groups excluding carboxylic acids is 1. The second kappa shape index (κ2) is 10.5. The van der Waals surface area contributed by atoms with Gasteiger partial charge in [-0.25, -0.2) is 19.7 Å². The van der Waals surface area contributed by atoms with E-state index in [-0.39, 0.29) is 18.2 Å². The van der Waals surface area contributed by atoms with Gasteiger partial charge in [0, 0.05) is 45.1 Å². The van der Waals surface area contributed by atoms with Crippen LogP contribution in [-0.2, 0) is 16.5 Å². The third-order valence-corrected chi connectivity index (χ3v) is 8.77. The number of anilines is 2. The summed E-state index contributed by atoms with van der Waals surface area (Å²) in [6.07, 6.45) is 9.16. The van der Waals surface area contributed by atoms with Crippen molar-refractivity contribution >= 4 is 28.6 Å². The number of piperazine rings is 1. The minimum Gasteiger partial charge on any atom is -0.444 e. The Morgan fingerprint density at radius 2 is 1.77 bits per heavy atom. The molecule has 2 atom stereocenters. The summed E-state index contributed by atoms with van der Waals surface area (Å²) in [5.41, 5.74) is 11.0. The van der Waals surface area contributed by atoms with Gasteiger partial charge >= 0.3 is 6.09 Å². The molecule has 3 aromatic heterocycles. The number of amides is 1. The predicted octanol–water partition coefficient (Wildman–Crippen LogP) is 4.42. The van der Waals surface area contributed by atoms with E-state index < -0.39 is 5.60 Å². The lowest BCUT2D eigenvalue weighted by molar-refractivity contribution is 0.0123.